The zero-order chi connectivity index (χ0) is 18.2. The van der Waals surface area contributed by atoms with Crippen LogP contribution in [0.25, 0.3) is 0 Å². The lowest BCUT2D eigenvalue weighted by Crippen LogP contribution is -2.43. The number of nitrogens with one attached hydrogen (secondary N) is 2. The van der Waals surface area contributed by atoms with E-state index in [9.17, 15) is 0 Å². The molecule has 5 nitrogen and oxygen atoms in total. The van der Waals surface area contributed by atoms with Crippen molar-refractivity contribution in [3.05, 3.63) is 59.5 Å². The second-order valence-electron chi connectivity index (χ2n) is 6.89. The Labute approximate surface area is 156 Å². The van der Waals surface area contributed by atoms with Crippen molar-refractivity contribution in [2.45, 2.75) is 32.2 Å². The van der Waals surface area contributed by atoms with E-state index in [4.69, 9.17) is 4.42 Å². The van der Waals surface area contributed by atoms with Gasteiger partial charge in [0.2, 0.25) is 0 Å². The van der Waals surface area contributed by atoms with E-state index in [1.54, 1.807) is 6.26 Å². The van der Waals surface area contributed by atoms with Crippen molar-refractivity contribution in [3.63, 3.8) is 0 Å². The van der Waals surface area contributed by atoms with Gasteiger partial charge in [0, 0.05) is 20.1 Å². The number of hydrogen-bond donors (Lipinski definition) is 2. The Morgan fingerprint density at radius 3 is 2.58 bits per heavy atom. The Morgan fingerprint density at radius 1 is 1.15 bits per heavy atom. The van der Waals surface area contributed by atoms with E-state index in [0.717, 1.165) is 44.3 Å². The second kappa shape index (κ2) is 9.43. The molecule has 1 unspecified atom stereocenters. The van der Waals surface area contributed by atoms with Crippen LogP contribution in [0.3, 0.4) is 0 Å². The molecule has 1 aliphatic rings. The summed E-state index contributed by atoms with van der Waals surface area (Å²) in [5, 5.41) is 6.88. The van der Waals surface area contributed by atoms with E-state index in [0.29, 0.717) is 0 Å². The number of nitrogens with zero attached hydrogens (tertiary/aromatic N) is 2. The number of rotatable bonds is 7. The lowest BCUT2D eigenvalue weighted by molar-refractivity contribution is 0.215. The van der Waals surface area contributed by atoms with Gasteiger partial charge in [0.05, 0.1) is 12.3 Å². The number of hydrogen-bond acceptors (Lipinski definition) is 3. The first-order valence-electron chi connectivity index (χ1n) is 9.54. The molecule has 1 aromatic carbocycles. The third kappa shape index (κ3) is 5.11. The molecule has 1 aliphatic heterocycles. The minimum atomic E-state index is 0.253. The third-order valence-corrected chi connectivity index (χ3v) is 4.97. The fraction of sp³-hybridized carbons (Fsp3) is 0.476. The second-order valence-corrected chi connectivity index (χ2v) is 6.89. The molecular weight excluding hydrogens is 324 g/mol. The van der Waals surface area contributed by atoms with Gasteiger partial charge in [-0.2, -0.15) is 0 Å². The highest BCUT2D eigenvalue weighted by Crippen LogP contribution is 2.24. The summed E-state index contributed by atoms with van der Waals surface area (Å²) in [5.41, 5.74) is 2.63. The summed E-state index contributed by atoms with van der Waals surface area (Å²) >= 11 is 0. The van der Waals surface area contributed by atoms with E-state index in [-0.39, 0.29) is 6.04 Å². The van der Waals surface area contributed by atoms with E-state index in [1.165, 1.54) is 24.0 Å². The molecule has 2 aromatic rings. The molecular formula is C21H30N4O. The Hall–Kier alpha value is -2.27. The van der Waals surface area contributed by atoms with Crippen molar-refractivity contribution in [1.29, 1.82) is 0 Å². The van der Waals surface area contributed by atoms with Gasteiger partial charge >= 0.3 is 0 Å². The molecule has 2 heterocycles. The molecule has 0 amide bonds. The zero-order valence-corrected chi connectivity index (χ0v) is 15.9. The summed E-state index contributed by atoms with van der Waals surface area (Å²) in [5.74, 6) is 1.86. The summed E-state index contributed by atoms with van der Waals surface area (Å²) in [4.78, 5) is 6.85. The van der Waals surface area contributed by atoms with E-state index >= 15 is 0 Å². The highest BCUT2D eigenvalue weighted by molar-refractivity contribution is 5.79. The Morgan fingerprint density at radius 2 is 1.92 bits per heavy atom. The van der Waals surface area contributed by atoms with Crippen LogP contribution < -0.4 is 10.6 Å². The maximum atomic E-state index is 5.68. The monoisotopic (exact) mass is 354 g/mol. The third-order valence-electron chi connectivity index (χ3n) is 4.97. The number of aliphatic imine (C=N–C) groups is 1. The van der Waals surface area contributed by atoms with Gasteiger partial charge < -0.3 is 15.1 Å². The molecule has 1 aromatic heterocycles. The number of guanidine groups is 1. The van der Waals surface area contributed by atoms with Gasteiger partial charge in [-0.05, 0) is 57.0 Å². The molecule has 1 fully saturated rings. The smallest absolute Gasteiger partial charge is 0.191 e. The molecule has 3 rings (SSSR count). The molecule has 140 valence electrons. The van der Waals surface area contributed by atoms with Crippen LogP contribution in [0.2, 0.25) is 0 Å². The molecule has 0 saturated carbocycles. The highest BCUT2D eigenvalue weighted by Gasteiger charge is 2.25. The van der Waals surface area contributed by atoms with Gasteiger partial charge in [0.1, 0.15) is 5.76 Å². The van der Waals surface area contributed by atoms with Crippen LogP contribution in [0.5, 0.6) is 0 Å². The molecule has 0 bridgehead atoms. The number of likely N-dealkylation sites (tertiary alicyclic amines) is 1. The summed E-state index contributed by atoms with van der Waals surface area (Å²) < 4.78 is 5.68. The largest absolute Gasteiger partial charge is 0.468 e. The topological polar surface area (TPSA) is 52.8 Å². The summed E-state index contributed by atoms with van der Waals surface area (Å²) in [6, 6.07) is 13.0. The lowest BCUT2D eigenvalue weighted by Gasteiger charge is -2.26. The summed E-state index contributed by atoms with van der Waals surface area (Å²) in [6.45, 7) is 6.03. The zero-order valence-electron chi connectivity index (χ0n) is 15.9. The fourth-order valence-electron chi connectivity index (χ4n) is 3.44. The Bertz CT molecular complexity index is 673. The van der Waals surface area contributed by atoms with Crippen LogP contribution in [-0.4, -0.2) is 44.1 Å². The number of benzene rings is 1. The molecule has 1 atom stereocenters. The normalized spacial score (nSPS) is 16.6. The number of aryl methyl sites for hydroxylation is 1. The van der Waals surface area contributed by atoms with Gasteiger partial charge in [0.25, 0.3) is 0 Å². The molecule has 0 radical (unpaired) electrons. The first-order chi connectivity index (χ1) is 12.8. The van der Waals surface area contributed by atoms with E-state index in [2.05, 4.69) is 57.8 Å². The molecule has 1 saturated heterocycles. The minimum absolute atomic E-state index is 0.253. The van der Waals surface area contributed by atoms with Gasteiger partial charge in [0.15, 0.2) is 5.96 Å². The van der Waals surface area contributed by atoms with Crippen LogP contribution in [0, 0.1) is 6.92 Å². The first-order valence-corrected chi connectivity index (χ1v) is 9.54. The Balaban J connectivity index is 1.49. The predicted octanol–water partition coefficient (Wildman–Crippen LogP) is 3.13. The molecule has 26 heavy (non-hydrogen) atoms. The average molecular weight is 354 g/mol. The van der Waals surface area contributed by atoms with Crippen molar-refractivity contribution in [1.82, 2.24) is 15.5 Å². The fourth-order valence-corrected chi connectivity index (χ4v) is 3.44. The summed E-state index contributed by atoms with van der Waals surface area (Å²) in [6.07, 6.45) is 5.27. The van der Waals surface area contributed by atoms with Gasteiger partial charge in [-0.25, -0.2) is 0 Å². The molecule has 0 aliphatic carbocycles. The van der Waals surface area contributed by atoms with E-state index in [1.807, 2.05) is 13.1 Å². The molecule has 0 spiro atoms. The van der Waals surface area contributed by atoms with Crippen molar-refractivity contribution in [2.24, 2.45) is 4.99 Å². The van der Waals surface area contributed by atoms with Crippen LogP contribution in [-0.2, 0) is 6.42 Å². The minimum Gasteiger partial charge on any atom is -0.468 e. The predicted molar refractivity (Wildman–Crippen MR) is 107 cm³/mol. The molecule has 2 N–H and O–H groups in total. The molecule has 5 heteroatoms. The van der Waals surface area contributed by atoms with Crippen molar-refractivity contribution in [3.8, 4) is 0 Å². The summed E-state index contributed by atoms with van der Waals surface area (Å²) in [7, 11) is 1.82. The van der Waals surface area contributed by atoms with E-state index < -0.39 is 0 Å². The SMILES string of the molecule is CN=C(NCCc1ccc(C)cc1)NCC(c1ccco1)N1CCCC1. The van der Waals surface area contributed by atoms with Gasteiger partial charge in [-0.1, -0.05) is 29.8 Å². The van der Waals surface area contributed by atoms with Crippen molar-refractivity contribution in [2.75, 3.05) is 33.2 Å². The van der Waals surface area contributed by atoms with Crippen LogP contribution >= 0.6 is 0 Å². The first kappa shape index (κ1) is 18.5. The maximum absolute atomic E-state index is 5.68. The van der Waals surface area contributed by atoms with Gasteiger partial charge in [-0.3, -0.25) is 9.89 Å². The quantitative estimate of drug-likeness (QED) is 0.592. The lowest BCUT2D eigenvalue weighted by atomic mass is 10.1. The van der Waals surface area contributed by atoms with Crippen molar-refractivity contribution >= 4 is 5.96 Å². The van der Waals surface area contributed by atoms with Gasteiger partial charge in [-0.15, -0.1) is 0 Å². The maximum Gasteiger partial charge on any atom is 0.191 e. The highest BCUT2D eigenvalue weighted by atomic mass is 16.3. The number of furan rings is 1. The van der Waals surface area contributed by atoms with Crippen LogP contribution in [0.1, 0.15) is 35.8 Å². The Kier molecular flexibility index (Phi) is 6.72. The van der Waals surface area contributed by atoms with Crippen LogP contribution in [0.15, 0.2) is 52.1 Å². The average Bonchev–Trinajstić information content (AvgIpc) is 3.36. The standard InChI is InChI=1S/C21H30N4O/c1-17-7-9-18(10-8-17)11-12-23-21(22-2)24-16-19(20-6-5-15-26-20)25-13-3-4-14-25/h5-10,15,19H,3-4,11-14,16H2,1-2H3,(H2,22,23,24). The van der Waals surface area contributed by atoms with Crippen LogP contribution in [0.4, 0.5) is 0 Å². The van der Waals surface area contributed by atoms with Crippen molar-refractivity contribution < 1.29 is 4.42 Å².